The number of benzene rings is 1. The maximum atomic E-state index is 14.9. The standard InChI is InChI=1S/C30H40FN3O4/c1-37-26-13-10-21(16-20-8-9-20)17-24(26)28(30(35)36)34-18-25(31)27(19-34)38-15-4-2-3-7-23-12-11-22-6-5-14-32-29(22)33-23/h10-13,17,20,25,27-28H,2-9,14-16,18-19H2,1H3,(H,32,33)(H,35,36)/t25-,27+,28+/m1/s1. The normalized spacial score (nSPS) is 22.1. The summed E-state index contributed by atoms with van der Waals surface area (Å²) >= 11 is 0. The Labute approximate surface area is 224 Å². The number of hydrogen-bond donors (Lipinski definition) is 2. The summed E-state index contributed by atoms with van der Waals surface area (Å²) < 4.78 is 26.4. The minimum Gasteiger partial charge on any atom is -0.496 e. The Morgan fingerprint density at radius 1 is 1.21 bits per heavy atom. The molecule has 1 aliphatic carbocycles. The number of nitrogens with one attached hydrogen (secondary N) is 1. The van der Waals surface area contributed by atoms with Crippen LogP contribution < -0.4 is 10.1 Å². The van der Waals surface area contributed by atoms with E-state index in [4.69, 9.17) is 14.5 Å². The quantitative estimate of drug-likeness (QED) is 0.357. The van der Waals surface area contributed by atoms with E-state index in [-0.39, 0.29) is 13.1 Å². The topological polar surface area (TPSA) is 83.9 Å². The molecule has 1 saturated heterocycles. The zero-order valence-corrected chi connectivity index (χ0v) is 22.3. The van der Waals surface area contributed by atoms with Gasteiger partial charge in [0, 0.05) is 37.5 Å². The summed E-state index contributed by atoms with van der Waals surface area (Å²) in [6, 6.07) is 9.13. The van der Waals surface area contributed by atoms with Gasteiger partial charge in [-0.25, -0.2) is 9.37 Å². The Hall–Kier alpha value is -2.71. The van der Waals surface area contributed by atoms with Crippen LogP contribution in [0.1, 0.15) is 67.0 Å². The number of unbranched alkanes of at least 4 members (excludes halogenated alkanes) is 2. The first kappa shape index (κ1) is 26.9. The molecule has 1 aromatic carbocycles. The Morgan fingerprint density at radius 2 is 2.08 bits per heavy atom. The molecule has 3 aliphatic rings. The summed E-state index contributed by atoms with van der Waals surface area (Å²) in [5, 5.41) is 13.5. The zero-order valence-electron chi connectivity index (χ0n) is 22.3. The molecule has 5 rings (SSSR count). The molecule has 7 nitrogen and oxygen atoms in total. The lowest BCUT2D eigenvalue weighted by Crippen LogP contribution is -2.34. The molecule has 3 atom stereocenters. The average Bonchev–Trinajstić information content (AvgIpc) is 3.66. The molecular formula is C30H40FN3O4. The fourth-order valence-corrected chi connectivity index (χ4v) is 5.72. The van der Waals surface area contributed by atoms with Crippen molar-refractivity contribution in [2.45, 2.75) is 76.1 Å². The van der Waals surface area contributed by atoms with Crippen LogP contribution in [0.5, 0.6) is 5.75 Å². The summed E-state index contributed by atoms with van der Waals surface area (Å²) in [4.78, 5) is 18.8. The molecule has 0 radical (unpaired) electrons. The maximum absolute atomic E-state index is 14.9. The summed E-state index contributed by atoms with van der Waals surface area (Å²) in [6.07, 6.45) is 7.54. The number of aliphatic carboxylic acids is 1. The summed E-state index contributed by atoms with van der Waals surface area (Å²) in [5.41, 5.74) is 4.11. The van der Waals surface area contributed by atoms with Crippen LogP contribution in [0.15, 0.2) is 30.3 Å². The van der Waals surface area contributed by atoms with E-state index >= 15 is 0 Å². The molecule has 1 saturated carbocycles. The number of aromatic nitrogens is 1. The number of halogens is 1. The largest absolute Gasteiger partial charge is 0.496 e. The lowest BCUT2D eigenvalue weighted by Gasteiger charge is -2.26. The van der Waals surface area contributed by atoms with Crippen LogP contribution in [0.2, 0.25) is 0 Å². The molecule has 206 valence electrons. The predicted molar refractivity (Wildman–Crippen MR) is 145 cm³/mol. The monoisotopic (exact) mass is 525 g/mol. The van der Waals surface area contributed by atoms with Gasteiger partial charge in [-0.1, -0.05) is 18.6 Å². The molecule has 0 unspecified atom stereocenters. The van der Waals surface area contributed by atoms with E-state index in [1.165, 1.54) is 18.4 Å². The average molecular weight is 526 g/mol. The minimum absolute atomic E-state index is 0.0374. The second kappa shape index (κ2) is 12.4. The number of hydrogen-bond acceptors (Lipinski definition) is 6. The van der Waals surface area contributed by atoms with Crippen molar-refractivity contribution < 1.29 is 23.8 Å². The first-order valence-corrected chi connectivity index (χ1v) is 14.1. The maximum Gasteiger partial charge on any atom is 0.325 e. The number of pyridine rings is 1. The van der Waals surface area contributed by atoms with Gasteiger partial charge in [0.2, 0.25) is 0 Å². The van der Waals surface area contributed by atoms with Gasteiger partial charge in [-0.15, -0.1) is 0 Å². The molecule has 2 N–H and O–H groups in total. The number of methoxy groups -OCH3 is 1. The van der Waals surface area contributed by atoms with Crippen LogP contribution in [-0.4, -0.2) is 66.6 Å². The smallest absolute Gasteiger partial charge is 0.325 e. The summed E-state index contributed by atoms with van der Waals surface area (Å²) in [6.45, 7) is 1.74. The van der Waals surface area contributed by atoms with Crippen molar-refractivity contribution in [3.8, 4) is 5.75 Å². The third kappa shape index (κ3) is 6.64. The number of carboxylic acids is 1. The zero-order chi connectivity index (χ0) is 26.5. The molecule has 8 heteroatoms. The second-order valence-corrected chi connectivity index (χ2v) is 11.0. The molecule has 0 bridgehead atoms. The van der Waals surface area contributed by atoms with E-state index in [0.29, 0.717) is 23.8 Å². The van der Waals surface area contributed by atoms with E-state index in [2.05, 4.69) is 17.4 Å². The molecule has 38 heavy (non-hydrogen) atoms. The highest BCUT2D eigenvalue weighted by atomic mass is 19.1. The molecule has 0 amide bonds. The molecule has 0 spiro atoms. The lowest BCUT2D eigenvalue weighted by molar-refractivity contribution is -0.143. The van der Waals surface area contributed by atoms with Gasteiger partial charge in [0.25, 0.3) is 0 Å². The molecule has 1 aromatic heterocycles. The Balaban J connectivity index is 1.10. The minimum atomic E-state index is -1.22. The van der Waals surface area contributed by atoms with Gasteiger partial charge >= 0.3 is 5.97 Å². The van der Waals surface area contributed by atoms with E-state index in [1.807, 2.05) is 18.2 Å². The Kier molecular flexibility index (Phi) is 8.79. The highest BCUT2D eigenvalue weighted by Gasteiger charge is 2.41. The van der Waals surface area contributed by atoms with Crippen LogP contribution in [0, 0.1) is 5.92 Å². The first-order valence-electron chi connectivity index (χ1n) is 14.1. The van der Waals surface area contributed by atoms with Crippen LogP contribution >= 0.6 is 0 Å². The lowest BCUT2D eigenvalue weighted by atomic mass is 9.99. The van der Waals surface area contributed by atoms with Crippen molar-refractivity contribution in [3.05, 3.63) is 52.7 Å². The molecule has 3 heterocycles. The number of likely N-dealkylation sites (tertiary alicyclic amines) is 1. The number of carboxylic acid groups (broad SMARTS) is 1. The van der Waals surface area contributed by atoms with E-state index in [1.54, 1.807) is 12.0 Å². The number of rotatable bonds is 13. The number of aryl methyl sites for hydroxylation is 2. The number of fused-ring (bicyclic) bond motifs is 1. The van der Waals surface area contributed by atoms with E-state index in [9.17, 15) is 14.3 Å². The van der Waals surface area contributed by atoms with Gasteiger partial charge in [-0.3, -0.25) is 9.69 Å². The predicted octanol–water partition coefficient (Wildman–Crippen LogP) is 4.98. The Bertz CT molecular complexity index is 1110. The molecule has 2 aromatic rings. The number of ether oxygens (including phenoxy) is 2. The Morgan fingerprint density at radius 3 is 2.87 bits per heavy atom. The van der Waals surface area contributed by atoms with Gasteiger partial charge in [0.15, 0.2) is 0 Å². The number of alkyl halides is 1. The number of anilines is 1. The van der Waals surface area contributed by atoms with Gasteiger partial charge in [-0.05, 0) is 86.6 Å². The van der Waals surface area contributed by atoms with Crippen molar-refractivity contribution in [1.82, 2.24) is 9.88 Å². The van der Waals surface area contributed by atoms with Gasteiger partial charge in [0.05, 0.1) is 7.11 Å². The second-order valence-electron chi connectivity index (χ2n) is 11.0. The summed E-state index contributed by atoms with van der Waals surface area (Å²) in [7, 11) is 1.55. The van der Waals surface area contributed by atoms with Crippen molar-refractivity contribution in [2.75, 3.05) is 38.7 Å². The third-order valence-corrected chi connectivity index (χ3v) is 8.00. The fraction of sp³-hybridized carbons (Fsp3) is 0.600. The van der Waals surface area contributed by atoms with E-state index < -0.39 is 24.3 Å². The van der Waals surface area contributed by atoms with Crippen LogP contribution in [-0.2, 0) is 28.8 Å². The summed E-state index contributed by atoms with van der Waals surface area (Å²) in [5.74, 6) is 1.25. The highest BCUT2D eigenvalue weighted by Crippen LogP contribution is 2.37. The molecule has 2 aliphatic heterocycles. The third-order valence-electron chi connectivity index (χ3n) is 8.00. The van der Waals surface area contributed by atoms with Crippen molar-refractivity contribution in [3.63, 3.8) is 0 Å². The van der Waals surface area contributed by atoms with Crippen molar-refractivity contribution in [1.29, 1.82) is 0 Å². The van der Waals surface area contributed by atoms with Gasteiger partial charge in [-0.2, -0.15) is 0 Å². The highest BCUT2D eigenvalue weighted by molar-refractivity contribution is 5.77. The van der Waals surface area contributed by atoms with Crippen LogP contribution in [0.3, 0.4) is 0 Å². The molecular weight excluding hydrogens is 485 g/mol. The van der Waals surface area contributed by atoms with Gasteiger partial charge in [0.1, 0.15) is 29.9 Å². The fourth-order valence-electron chi connectivity index (χ4n) is 5.72. The number of carbonyl (C=O) groups is 1. The number of nitrogens with zero attached hydrogens (tertiary/aromatic N) is 2. The molecule has 2 fully saturated rings. The van der Waals surface area contributed by atoms with Crippen LogP contribution in [0.25, 0.3) is 0 Å². The first-order chi connectivity index (χ1) is 18.5. The van der Waals surface area contributed by atoms with Crippen molar-refractivity contribution in [2.24, 2.45) is 5.92 Å². The van der Waals surface area contributed by atoms with E-state index in [0.717, 1.165) is 68.6 Å². The SMILES string of the molecule is COc1ccc(CC2CC2)cc1[C@@H](C(=O)O)N1C[C@@H](F)[C@@H](OCCCCCc2ccc3c(n2)NCCC3)C1. The van der Waals surface area contributed by atoms with Crippen molar-refractivity contribution >= 4 is 11.8 Å². The van der Waals surface area contributed by atoms with Gasteiger partial charge < -0.3 is 19.9 Å². The van der Waals surface area contributed by atoms with Crippen LogP contribution in [0.4, 0.5) is 10.2 Å².